The Labute approximate surface area is 116 Å². The average molecular weight is 292 g/mol. The van der Waals surface area contributed by atoms with Crippen LogP contribution in [-0.4, -0.2) is 30.8 Å². The van der Waals surface area contributed by atoms with E-state index < -0.39 is 0 Å². The van der Waals surface area contributed by atoms with Crippen molar-refractivity contribution in [3.05, 3.63) is 28.2 Å². The molecular weight excluding hydrogens is 277 g/mol. The Bertz CT molecular complexity index is 412. The molecule has 0 aliphatic carbocycles. The predicted octanol–water partition coefficient (Wildman–Crippen LogP) is 2.12. The van der Waals surface area contributed by atoms with Gasteiger partial charge in [0, 0.05) is 24.2 Å². The van der Waals surface area contributed by atoms with E-state index in [2.05, 4.69) is 5.32 Å². The van der Waals surface area contributed by atoms with Crippen molar-refractivity contribution in [1.82, 2.24) is 5.32 Å². The summed E-state index contributed by atoms with van der Waals surface area (Å²) in [5, 5.41) is 12.3. The van der Waals surface area contributed by atoms with Gasteiger partial charge in [-0.15, -0.1) is 0 Å². The molecule has 1 atom stereocenters. The van der Waals surface area contributed by atoms with Crippen molar-refractivity contribution in [3.63, 3.8) is 0 Å². The number of hydrogen-bond acceptors (Lipinski definition) is 3. The van der Waals surface area contributed by atoms with Crippen molar-refractivity contribution in [2.24, 2.45) is 5.92 Å². The molecule has 1 aromatic carbocycles. The number of hydrogen-bond donors (Lipinski definition) is 2. The number of amides is 1. The Morgan fingerprint density at radius 2 is 2.22 bits per heavy atom. The van der Waals surface area contributed by atoms with Gasteiger partial charge >= 0.3 is 0 Å². The molecular formula is C12H15Cl2NO3. The summed E-state index contributed by atoms with van der Waals surface area (Å²) in [6.45, 7) is 2.12. The summed E-state index contributed by atoms with van der Waals surface area (Å²) < 4.78 is 5.25. The van der Waals surface area contributed by atoms with Crippen LogP contribution < -0.4 is 10.1 Å². The molecule has 0 aliphatic heterocycles. The summed E-state index contributed by atoms with van der Waals surface area (Å²) in [7, 11) is 0. The monoisotopic (exact) mass is 291 g/mol. The van der Waals surface area contributed by atoms with Crippen LogP contribution in [-0.2, 0) is 4.79 Å². The molecule has 1 amide bonds. The third kappa shape index (κ3) is 5.12. The molecule has 0 fully saturated rings. The van der Waals surface area contributed by atoms with Gasteiger partial charge in [0.15, 0.2) is 6.61 Å². The first-order valence-electron chi connectivity index (χ1n) is 5.48. The molecule has 0 bridgehead atoms. The number of ether oxygens (including phenoxy) is 1. The number of carbonyl (C=O) groups is 1. The van der Waals surface area contributed by atoms with E-state index in [0.29, 0.717) is 22.3 Å². The zero-order valence-electron chi connectivity index (χ0n) is 9.95. The fourth-order valence-electron chi connectivity index (χ4n) is 1.13. The van der Waals surface area contributed by atoms with Gasteiger partial charge in [-0.25, -0.2) is 0 Å². The number of benzene rings is 1. The predicted molar refractivity (Wildman–Crippen MR) is 71.2 cm³/mol. The molecule has 0 saturated carbocycles. The summed E-state index contributed by atoms with van der Waals surface area (Å²) in [4.78, 5) is 11.4. The van der Waals surface area contributed by atoms with Gasteiger partial charge in [0.05, 0.1) is 5.02 Å². The lowest BCUT2D eigenvalue weighted by atomic mass is 10.2. The van der Waals surface area contributed by atoms with Crippen molar-refractivity contribution in [1.29, 1.82) is 0 Å². The van der Waals surface area contributed by atoms with Crippen LogP contribution in [0, 0.1) is 5.92 Å². The van der Waals surface area contributed by atoms with Crippen molar-refractivity contribution in [2.45, 2.75) is 6.92 Å². The lowest BCUT2D eigenvalue weighted by Crippen LogP contribution is -2.33. The van der Waals surface area contributed by atoms with Crippen LogP contribution in [0.4, 0.5) is 0 Å². The van der Waals surface area contributed by atoms with Gasteiger partial charge in [-0.3, -0.25) is 4.79 Å². The van der Waals surface area contributed by atoms with Crippen LogP contribution >= 0.6 is 23.2 Å². The maximum absolute atomic E-state index is 11.4. The second kappa shape index (κ2) is 7.46. The highest BCUT2D eigenvalue weighted by Gasteiger charge is 2.07. The van der Waals surface area contributed by atoms with Crippen molar-refractivity contribution >= 4 is 29.1 Å². The summed E-state index contributed by atoms with van der Waals surface area (Å²) in [6, 6.07) is 4.79. The molecule has 0 aromatic heterocycles. The largest absolute Gasteiger partial charge is 0.482 e. The van der Waals surface area contributed by atoms with Gasteiger partial charge in [-0.05, 0) is 18.1 Å². The third-order valence-electron chi connectivity index (χ3n) is 2.21. The van der Waals surface area contributed by atoms with Crippen molar-refractivity contribution in [3.8, 4) is 5.75 Å². The van der Waals surface area contributed by atoms with Gasteiger partial charge in [0.1, 0.15) is 5.75 Å². The molecule has 0 saturated heterocycles. The van der Waals surface area contributed by atoms with Crippen LogP contribution in [0.5, 0.6) is 5.75 Å². The van der Waals surface area contributed by atoms with Crippen molar-refractivity contribution in [2.75, 3.05) is 19.8 Å². The lowest BCUT2D eigenvalue weighted by molar-refractivity contribution is -0.123. The van der Waals surface area contributed by atoms with E-state index in [9.17, 15) is 4.79 Å². The third-order valence-corrected chi connectivity index (χ3v) is 2.76. The minimum atomic E-state index is -0.272. The smallest absolute Gasteiger partial charge is 0.257 e. The maximum atomic E-state index is 11.4. The normalized spacial score (nSPS) is 12.0. The van der Waals surface area contributed by atoms with E-state index in [1.165, 1.54) is 0 Å². The Kier molecular flexibility index (Phi) is 6.25. The van der Waals surface area contributed by atoms with Gasteiger partial charge in [-0.2, -0.15) is 0 Å². The second-order valence-electron chi connectivity index (χ2n) is 3.96. The van der Waals surface area contributed by atoms with Gasteiger partial charge in [0.2, 0.25) is 0 Å². The van der Waals surface area contributed by atoms with E-state index in [4.69, 9.17) is 33.0 Å². The van der Waals surface area contributed by atoms with Gasteiger partial charge in [0.25, 0.3) is 5.91 Å². The first-order valence-corrected chi connectivity index (χ1v) is 6.24. The first kappa shape index (κ1) is 15.1. The van der Waals surface area contributed by atoms with Crippen LogP contribution in [0.1, 0.15) is 6.92 Å². The Morgan fingerprint density at radius 3 is 2.89 bits per heavy atom. The SMILES string of the molecule is CC(CO)CNC(=O)COc1cc(Cl)ccc1Cl. The Morgan fingerprint density at radius 1 is 1.50 bits per heavy atom. The number of rotatable bonds is 6. The summed E-state index contributed by atoms with van der Waals surface area (Å²) in [6.07, 6.45) is 0. The van der Waals surface area contributed by atoms with E-state index >= 15 is 0 Å². The number of carbonyl (C=O) groups excluding carboxylic acids is 1. The highest BCUT2D eigenvalue weighted by Crippen LogP contribution is 2.27. The molecule has 0 aliphatic rings. The lowest BCUT2D eigenvalue weighted by Gasteiger charge is -2.11. The van der Waals surface area contributed by atoms with Crippen LogP contribution in [0.15, 0.2) is 18.2 Å². The molecule has 1 rings (SSSR count). The molecule has 4 nitrogen and oxygen atoms in total. The van der Waals surface area contributed by atoms with Gasteiger partial charge < -0.3 is 15.2 Å². The summed E-state index contributed by atoms with van der Waals surface area (Å²) in [5.41, 5.74) is 0. The fourth-order valence-corrected chi connectivity index (χ4v) is 1.47. The topological polar surface area (TPSA) is 58.6 Å². The van der Waals surface area contributed by atoms with Gasteiger partial charge in [-0.1, -0.05) is 30.1 Å². The molecule has 100 valence electrons. The molecule has 1 aromatic rings. The van der Waals surface area contributed by atoms with E-state index in [0.717, 1.165) is 0 Å². The molecule has 0 spiro atoms. The van der Waals surface area contributed by atoms with Crippen LogP contribution in [0.25, 0.3) is 0 Å². The van der Waals surface area contributed by atoms with Crippen LogP contribution in [0.2, 0.25) is 10.0 Å². The van der Waals surface area contributed by atoms with E-state index in [-0.39, 0.29) is 25.0 Å². The Balaban J connectivity index is 2.40. The minimum absolute atomic E-state index is 0.0173. The van der Waals surface area contributed by atoms with E-state index in [1.807, 2.05) is 6.92 Å². The molecule has 0 radical (unpaired) electrons. The molecule has 18 heavy (non-hydrogen) atoms. The van der Waals surface area contributed by atoms with Crippen LogP contribution in [0.3, 0.4) is 0 Å². The molecule has 1 unspecified atom stereocenters. The highest BCUT2D eigenvalue weighted by molar-refractivity contribution is 6.34. The molecule has 0 heterocycles. The Hall–Kier alpha value is -0.970. The summed E-state index contributed by atoms with van der Waals surface area (Å²) in [5.74, 6) is 0.115. The highest BCUT2D eigenvalue weighted by atomic mass is 35.5. The number of aliphatic hydroxyl groups is 1. The minimum Gasteiger partial charge on any atom is -0.482 e. The molecule has 2 N–H and O–H groups in total. The maximum Gasteiger partial charge on any atom is 0.257 e. The average Bonchev–Trinajstić information content (AvgIpc) is 2.36. The standard InChI is InChI=1S/C12H15Cl2NO3/c1-8(6-16)5-15-12(17)7-18-11-4-9(13)2-3-10(11)14/h2-4,8,16H,5-7H2,1H3,(H,15,17). The zero-order valence-corrected chi connectivity index (χ0v) is 11.5. The number of aliphatic hydroxyl groups excluding tert-OH is 1. The summed E-state index contributed by atoms with van der Waals surface area (Å²) >= 11 is 11.7. The first-order chi connectivity index (χ1) is 8.52. The quantitative estimate of drug-likeness (QED) is 0.844. The second-order valence-corrected chi connectivity index (χ2v) is 4.80. The zero-order chi connectivity index (χ0) is 13.5. The van der Waals surface area contributed by atoms with E-state index in [1.54, 1.807) is 18.2 Å². The number of nitrogens with one attached hydrogen (secondary N) is 1. The fraction of sp³-hybridized carbons (Fsp3) is 0.417. The van der Waals surface area contributed by atoms with Crippen molar-refractivity contribution < 1.29 is 14.6 Å². The molecule has 6 heteroatoms. The number of halogens is 2.